The summed E-state index contributed by atoms with van der Waals surface area (Å²) >= 11 is 5.81. The zero-order chi connectivity index (χ0) is 13.7. The Morgan fingerprint density at radius 3 is 2.67 bits per heavy atom. The molecular formula is C13H16ClFO3. The molecule has 0 aromatic heterocycles. The Morgan fingerprint density at radius 1 is 1.50 bits per heavy atom. The van der Waals surface area contributed by atoms with E-state index in [0.29, 0.717) is 6.42 Å². The molecule has 2 atom stereocenters. The molecule has 0 bridgehead atoms. The van der Waals surface area contributed by atoms with Crippen LogP contribution in [0.15, 0.2) is 18.2 Å². The van der Waals surface area contributed by atoms with Gasteiger partial charge < -0.3 is 10.2 Å². The predicted octanol–water partition coefficient (Wildman–Crippen LogP) is 3.40. The van der Waals surface area contributed by atoms with Crippen molar-refractivity contribution in [2.24, 2.45) is 5.92 Å². The topological polar surface area (TPSA) is 57.5 Å². The van der Waals surface area contributed by atoms with Crippen LogP contribution in [0.2, 0.25) is 5.02 Å². The first-order chi connectivity index (χ1) is 8.49. The second kappa shape index (κ2) is 6.71. The van der Waals surface area contributed by atoms with Crippen molar-refractivity contribution >= 4 is 17.6 Å². The largest absolute Gasteiger partial charge is 0.481 e. The van der Waals surface area contributed by atoms with Crippen LogP contribution in [0.25, 0.3) is 0 Å². The van der Waals surface area contributed by atoms with Gasteiger partial charge in [0.2, 0.25) is 0 Å². The maximum absolute atomic E-state index is 13.6. The summed E-state index contributed by atoms with van der Waals surface area (Å²) in [5, 5.41) is 19.2. The minimum absolute atomic E-state index is 0.0465. The Kier molecular flexibility index (Phi) is 5.56. The van der Waals surface area contributed by atoms with E-state index < -0.39 is 23.8 Å². The number of rotatable bonds is 6. The van der Waals surface area contributed by atoms with Gasteiger partial charge in [0, 0.05) is 10.6 Å². The number of aliphatic hydroxyl groups is 1. The van der Waals surface area contributed by atoms with Crippen LogP contribution in [0.3, 0.4) is 0 Å². The van der Waals surface area contributed by atoms with Crippen molar-refractivity contribution in [1.29, 1.82) is 0 Å². The van der Waals surface area contributed by atoms with Crippen LogP contribution in [0.1, 0.15) is 37.9 Å². The second-order valence-electron chi connectivity index (χ2n) is 4.17. The molecule has 0 aliphatic rings. The minimum Gasteiger partial charge on any atom is -0.481 e. The Labute approximate surface area is 110 Å². The molecule has 2 N–H and O–H groups in total. The maximum atomic E-state index is 13.6. The van der Waals surface area contributed by atoms with Crippen LogP contribution in [-0.2, 0) is 4.79 Å². The lowest BCUT2D eigenvalue weighted by Crippen LogP contribution is -2.23. The highest BCUT2D eigenvalue weighted by atomic mass is 35.5. The Balaban J connectivity index is 3.01. The zero-order valence-electron chi connectivity index (χ0n) is 10.1. The fraction of sp³-hybridized carbons (Fsp3) is 0.462. The third-order valence-corrected chi connectivity index (χ3v) is 3.19. The first kappa shape index (κ1) is 14.9. The summed E-state index contributed by atoms with van der Waals surface area (Å²) in [6.07, 6.45) is 0.321. The molecule has 1 aromatic carbocycles. The summed E-state index contributed by atoms with van der Waals surface area (Å²) in [4.78, 5) is 11.1. The van der Waals surface area contributed by atoms with Crippen LogP contribution in [0.4, 0.5) is 4.39 Å². The molecule has 18 heavy (non-hydrogen) atoms. The molecule has 0 radical (unpaired) electrons. The van der Waals surface area contributed by atoms with Crippen molar-refractivity contribution in [3.8, 4) is 0 Å². The highest BCUT2D eigenvalue weighted by molar-refractivity contribution is 6.31. The standard InChI is InChI=1S/C13H16ClFO3/c1-2-3-5-8(13(17)18)12(16)11-9(14)6-4-7-10(11)15/h4,6-8,12,16H,2-3,5H2,1H3,(H,17,18). The van der Waals surface area contributed by atoms with Gasteiger partial charge in [-0.05, 0) is 18.6 Å². The molecule has 100 valence electrons. The second-order valence-corrected chi connectivity index (χ2v) is 4.57. The normalized spacial score (nSPS) is 14.2. The quantitative estimate of drug-likeness (QED) is 0.836. The molecule has 0 aliphatic heterocycles. The molecule has 3 nitrogen and oxygen atoms in total. The fourth-order valence-corrected chi connectivity index (χ4v) is 2.11. The van der Waals surface area contributed by atoms with Gasteiger partial charge in [0.1, 0.15) is 5.82 Å². The first-order valence-electron chi connectivity index (χ1n) is 5.83. The number of hydrogen-bond donors (Lipinski definition) is 2. The van der Waals surface area contributed by atoms with Crippen molar-refractivity contribution in [2.45, 2.75) is 32.3 Å². The van der Waals surface area contributed by atoms with Crippen molar-refractivity contribution in [1.82, 2.24) is 0 Å². The molecular weight excluding hydrogens is 259 g/mol. The number of unbranched alkanes of at least 4 members (excludes halogenated alkanes) is 1. The van der Waals surface area contributed by atoms with Crippen LogP contribution in [-0.4, -0.2) is 16.2 Å². The maximum Gasteiger partial charge on any atom is 0.309 e. The van der Waals surface area contributed by atoms with Gasteiger partial charge in [-0.3, -0.25) is 4.79 Å². The highest BCUT2D eigenvalue weighted by Crippen LogP contribution is 2.33. The van der Waals surface area contributed by atoms with Gasteiger partial charge in [-0.1, -0.05) is 37.4 Å². The minimum atomic E-state index is -1.43. The van der Waals surface area contributed by atoms with Gasteiger partial charge in [0.25, 0.3) is 0 Å². The van der Waals surface area contributed by atoms with E-state index in [1.807, 2.05) is 6.92 Å². The van der Waals surface area contributed by atoms with E-state index in [-0.39, 0.29) is 17.0 Å². The molecule has 1 rings (SSSR count). The number of carboxylic acids is 1. The SMILES string of the molecule is CCCCC(C(=O)O)C(O)c1c(F)cccc1Cl. The molecule has 0 aliphatic carbocycles. The molecule has 2 unspecified atom stereocenters. The van der Waals surface area contributed by atoms with Crippen molar-refractivity contribution in [2.75, 3.05) is 0 Å². The van der Waals surface area contributed by atoms with Crippen molar-refractivity contribution < 1.29 is 19.4 Å². The van der Waals surface area contributed by atoms with Gasteiger partial charge in [0.15, 0.2) is 0 Å². The lowest BCUT2D eigenvalue weighted by Gasteiger charge is -2.20. The van der Waals surface area contributed by atoms with E-state index in [0.717, 1.165) is 12.5 Å². The average Bonchev–Trinajstić information content (AvgIpc) is 2.28. The molecule has 0 saturated carbocycles. The number of carbonyl (C=O) groups is 1. The summed E-state index contributed by atoms with van der Waals surface area (Å²) in [6.45, 7) is 1.92. The highest BCUT2D eigenvalue weighted by Gasteiger charge is 2.30. The molecule has 0 spiro atoms. The Bertz CT molecular complexity index is 402. The van der Waals surface area contributed by atoms with Gasteiger partial charge in [-0.15, -0.1) is 0 Å². The van der Waals surface area contributed by atoms with Crippen molar-refractivity contribution in [3.05, 3.63) is 34.6 Å². The summed E-state index contributed by atoms with van der Waals surface area (Å²) < 4.78 is 13.6. The first-order valence-corrected chi connectivity index (χ1v) is 6.21. The Hall–Kier alpha value is -1.13. The summed E-state index contributed by atoms with van der Waals surface area (Å²) in [7, 11) is 0. The predicted molar refractivity (Wildman–Crippen MR) is 67.0 cm³/mol. The van der Waals surface area contributed by atoms with Gasteiger partial charge in [0.05, 0.1) is 12.0 Å². The number of carboxylic acid groups (broad SMARTS) is 1. The van der Waals surface area contributed by atoms with E-state index in [9.17, 15) is 14.3 Å². The lowest BCUT2D eigenvalue weighted by atomic mass is 9.91. The van der Waals surface area contributed by atoms with Gasteiger partial charge >= 0.3 is 5.97 Å². The van der Waals surface area contributed by atoms with Crippen molar-refractivity contribution in [3.63, 3.8) is 0 Å². The molecule has 0 saturated heterocycles. The van der Waals surface area contributed by atoms with E-state index in [1.54, 1.807) is 0 Å². The molecule has 1 aromatic rings. The number of aliphatic hydroxyl groups excluding tert-OH is 1. The van der Waals surface area contributed by atoms with E-state index in [1.165, 1.54) is 12.1 Å². The number of aliphatic carboxylic acids is 1. The number of hydrogen-bond acceptors (Lipinski definition) is 2. The molecule has 0 amide bonds. The van der Waals surface area contributed by atoms with E-state index in [4.69, 9.17) is 16.7 Å². The number of halogens is 2. The van der Waals surface area contributed by atoms with Crippen LogP contribution in [0.5, 0.6) is 0 Å². The summed E-state index contributed by atoms with van der Waals surface area (Å²) in [5.74, 6) is -2.87. The van der Waals surface area contributed by atoms with Gasteiger partial charge in [-0.25, -0.2) is 4.39 Å². The average molecular weight is 275 g/mol. The lowest BCUT2D eigenvalue weighted by molar-refractivity contribution is -0.146. The Morgan fingerprint density at radius 2 is 2.17 bits per heavy atom. The summed E-state index contributed by atoms with van der Waals surface area (Å²) in [5.41, 5.74) is -0.136. The molecule has 0 fully saturated rings. The smallest absolute Gasteiger partial charge is 0.309 e. The molecule has 0 heterocycles. The molecule has 5 heteroatoms. The van der Waals surface area contributed by atoms with E-state index in [2.05, 4.69) is 0 Å². The monoisotopic (exact) mass is 274 g/mol. The third-order valence-electron chi connectivity index (χ3n) is 2.86. The third kappa shape index (κ3) is 3.43. The summed E-state index contributed by atoms with van der Waals surface area (Å²) in [6, 6.07) is 4.00. The van der Waals surface area contributed by atoms with Crippen LogP contribution in [0, 0.1) is 11.7 Å². The fourth-order valence-electron chi connectivity index (χ4n) is 1.83. The van der Waals surface area contributed by atoms with Crippen LogP contribution >= 0.6 is 11.6 Å². The van der Waals surface area contributed by atoms with Gasteiger partial charge in [-0.2, -0.15) is 0 Å². The van der Waals surface area contributed by atoms with E-state index >= 15 is 0 Å². The number of benzene rings is 1. The zero-order valence-corrected chi connectivity index (χ0v) is 10.8. The van der Waals surface area contributed by atoms with Crippen LogP contribution < -0.4 is 0 Å².